The first-order chi connectivity index (χ1) is 37.1. The number of phenolic OH excluding ortho intramolecular Hbond substituents is 2. The highest BCUT2D eigenvalue weighted by molar-refractivity contribution is 5.91. The number of nitrogens with zero attached hydrogens (tertiary/aromatic N) is 3. The van der Waals surface area contributed by atoms with E-state index in [-0.39, 0.29) is 54.4 Å². The Hall–Kier alpha value is -4.77. The maximum Gasteiger partial charge on any atom is 0.174 e. The molecular formula is C63H79N3O12. The van der Waals surface area contributed by atoms with Gasteiger partial charge in [0.1, 0.15) is 5.78 Å². The maximum atomic E-state index is 12.8. The molecule has 0 aromatic heterocycles. The van der Waals surface area contributed by atoms with Gasteiger partial charge in [-0.2, -0.15) is 0 Å². The summed E-state index contributed by atoms with van der Waals surface area (Å²) < 4.78 is 23.2. The van der Waals surface area contributed by atoms with Crippen LogP contribution in [-0.4, -0.2) is 158 Å². The molecule has 5 heterocycles. The van der Waals surface area contributed by atoms with Crippen LogP contribution in [0.4, 0.5) is 0 Å². The molecule has 418 valence electrons. The number of hydrogen-bond donors (Lipinski definition) is 5. The first-order valence-electron chi connectivity index (χ1n) is 29.4. The Morgan fingerprint density at radius 1 is 0.538 bits per heavy atom. The van der Waals surface area contributed by atoms with Gasteiger partial charge in [0.2, 0.25) is 0 Å². The van der Waals surface area contributed by atoms with E-state index in [0.29, 0.717) is 74.4 Å². The van der Waals surface area contributed by atoms with Crippen molar-refractivity contribution >= 4 is 17.3 Å². The maximum absolute atomic E-state index is 12.8. The lowest BCUT2D eigenvalue weighted by atomic mass is 9.49. The van der Waals surface area contributed by atoms with Crippen molar-refractivity contribution in [2.75, 3.05) is 53.5 Å². The normalized spacial score (nSPS) is 38.8. The average Bonchev–Trinajstić information content (AvgIpc) is 4.55. The number of hydrogen-bond acceptors (Lipinski definition) is 15. The number of fused-ring (bicyclic) bond motifs is 1. The number of rotatable bonds is 8. The highest BCUT2D eigenvalue weighted by atomic mass is 16.5. The van der Waals surface area contributed by atoms with E-state index in [1.165, 1.54) is 44.1 Å². The van der Waals surface area contributed by atoms with Crippen LogP contribution in [0.2, 0.25) is 0 Å². The topological polar surface area (TPSA) is 199 Å². The zero-order valence-electron chi connectivity index (χ0n) is 44.7. The van der Waals surface area contributed by atoms with Crippen LogP contribution in [0.15, 0.2) is 36.4 Å². The molecule has 9 fully saturated rings. The summed E-state index contributed by atoms with van der Waals surface area (Å²) in [5.41, 5.74) is 1.48. The third-order valence-corrected chi connectivity index (χ3v) is 22.8. The van der Waals surface area contributed by atoms with Gasteiger partial charge in [0, 0.05) is 85.5 Å². The fraction of sp³-hybridized carbons (Fsp3) is 0.667. The molecular weight excluding hydrogens is 991 g/mol. The van der Waals surface area contributed by atoms with E-state index in [1.807, 2.05) is 18.2 Å². The second kappa shape index (κ2) is 17.6. The van der Waals surface area contributed by atoms with Crippen molar-refractivity contribution < 1.29 is 58.9 Å². The number of ketones is 3. The van der Waals surface area contributed by atoms with Gasteiger partial charge in [-0.1, -0.05) is 25.6 Å². The van der Waals surface area contributed by atoms with E-state index in [9.17, 15) is 39.9 Å². The van der Waals surface area contributed by atoms with Gasteiger partial charge in [-0.05, 0) is 169 Å². The number of ether oxygens (including phenoxy) is 4. The average molecular weight is 1070 g/mol. The summed E-state index contributed by atoms with van der Waals surface area (Å²) >= 11 is 0. The van der Waals surface area contributed by atoms with Gasteiger partial charge in [0.25, 0.3) is 0 Å². The Morgan fingerprint density at radius 2 is 0.974 bits per heavy atom. The number of carbonyl (C=O) groups is 3. The van der Waals surface area contributed by atoms with Crippen LogP contribution in [0, 0.1) is 17.8 Å². The van der Waals surface area contributed by atoms with Gasteiger partial charge in [-0.25, -0.2) is 0 Å². The molecule has 17 rings (SSSR count). The van der Waals surface area contributed by atoms with Crippen LogP contribution in [-0.2, 0) is 49.9 Å². The lowest BCUT2D eigenvalue weighted by Gasteiger charge is -2.63. The summed E-state index contributed by atoms with van der Waals surface area (Å²) in [5.74, 6) is 5.21. The van der Waals surface area contributed by atoms with Gasteiger partial charge in [-0.3, -0.25) is 29.1 Å². The first kappa shape index (κ1) is 51.4. The molecule has 5 N–H and O–H groups in total. The predicted octanol–water partition coefficient (Wildman–Crippen LogP) is 6.15. The van der Waals surface area contributed by atoms with Gasteiger partial charge in [0.05, 0.1) is 41.9 Å². The fourth-order valence-corrected chi connectivity index (χ4v) is 18.7. The molecule has 11 atom stereocenters. The molecule has 2 unspecified atom stereocenters. The SMILES string of the molecule is C.COc1ccc2c(c1O)[C@]13CCN(CC4CC4)[C@H](C2)[C@]1(O)CCC(=O)C3.COc1ccc2c3c1OC1C(=O)CC[C@@]4(O)[C@@H](C2)N(CC2CC2)CC[C@]314.O=C1CC[C@@]2(O)[C@H]3Cc4ccc(O)c5c4[C@@]2(CCN3CC2CC2)C1O5. The third kappa shape index (κ3) is 6.80. The number of carbonyl (C=O) groups excluding carboxylic acids is 3. The Bertz CT molecular complexity index is 3010. The number of piperidine rings is 3. The molecule has 3 saturated heterocycles. The Kier molecular flexibility index (Phi) is 11.6. The number of phenols is 2. The quantitative estimate of drug-likeness (QED) is 0.172. The smallest absolute Gasteiger partial charge is 0.174 e. The molecule has 0 amide bonds. The van der Waals surface area contributed by atoms with Crippen molar-refractivity contribution in [3.63, 3.8) is 0 Å². The molecule has 3 aromatic rings. The molecule has 14 aliphatic rings. The Labute approximate surface area is 457 Å². The highest BCUT2D eigenvalue weighted by Gasteiger charge is 2.75. The van der Waals surface area contributed by atoms with E-state index in [2.05, 4.69) is 20.8 Å². The molecule has 15 nitrogen and oxygen atoms in total. The largest absolute Gasteiger partial charge is 0.504 e. The van der Waals surface area contributed by atoms with E-state index in [0.717, 1.165) is 117 Å². The van der Waals surface area contributed by atoms with E-state index in [4.69, 9.17) is 18.9 Å². The minimum atomic E-state index is -0.953. The van der Waals surface area contributed by atoms with Crippen LogP contribution < -0.4 is 18.9 Å². The molecule has 6 saturated carbocycles. The van der Waals surface area contributed by atoms with Crippen LogP contribution in [0.5, 0.6) is 34.5 Å². The summed E-state index contributed by atoms with van der Waals surface area (Å²) in [4.78, 5) is 45.5. The Balaban J connectivity index is 0.000000106. The number of Topliss-reactive ketones (excluding diaryl/α,β-unsaturated/α-hetero) is 3. The van der Waals surface area contributed by atoms with Crippen molar-refractivity contribution in [3.8, 4) is 34.5 Å². The standard InChI is InChI=1S/C21H25NO4.C21H27NO4.C20H23NO4.CH4/c1-25-15-5-4-13-10-16-21(24)7-6-14(23)19-20(21,17(13)18(15)26-19)8-9-22(16)11-12-2-3-12;1-26-16-5-4-14-10-17-21(25)7-6-15(23)11-20(21,18(14)19(16)24)8-9-22(17)12-13-2-3-13;22-13-4-3-12-9-15-20(24)6-5-14(23)18-19(20,16(12)17(13)25-18)7-8-21(15)10-11-1-2-11;/h4-5,12,16,19,24H,2-3,6-11H2,1H3;4-5,13,17,24-25H,2-3,6-12H2,1H3;3-4,11,15,18,22,24H,1-2,5-10H2;1H4/t16-,19?,20+,21-;17-,20-,21-;15-,18?,19+,20-;/m111./s1. The number of aliphatic hydroxyl groups is 3. The van der Waals surface area contributed by atoms with Crippen molar-refractivity contribution in [1.29, 1.82) is 0 Å². The summed E-state index contributed by atoms with van der Waals surface area (Å²) in [6, 6.07) is 11.7. The second-order valence-corrected chi connectivity index (χ2v) is 26.4. The molecule has 78 heavy (non-hydrogen) atoms. The van der Waals surface area contributed by atoms with Crippen LogP contribution in [0.25, 0.3) is 0 Å². The highest BCUT2D eigenvalue weighted by Crippen LogP contribution is 2.67. The fourth-order valence-electron chi connectivity index (χ4n) is 18.7. The van der Waals surface area contributed by atoms with Crippen molar-refractivity contribution in [3.05, 3.63) is 69.8 Å². The van der Waals surface area contributed by atoms with Crippen molar-refractivity contribution in [2.24, 2.45) is 17.8 Å². The summed E-state index contributed by atoms with van der Waals surface area (Å²) in [6.45, 7) is 5.91. The lowest BCUT2D eigenvalue weighted by molar-refractivity contribution is -0.188. The van der Waals surface area contributed by atoms with Crippen LogP contribution in [0.3, 0.4) is 0 Å². The van der Waals surface area contributed by atoms with Gasteiger partial charge >= 0.3 is 0 Å². The zero-order valence-corrected chi connectivity index (χ0v) is 44.7. The van der Waals surface area contributed by atoms with Crippen molar-refractivity contribution in [1.82, 2.24) is 14.7 Å². The second-order valence-electron chi connectivity index (χ2n) is 26.4. The minimum Gasteiger partial charge on any atom is -0.504 e. The molecule has 2 spiro atoms. The van der Waals surface area contributed by atoms with E-state index >= 15 is 0 Å². The molecule has 5 aliphatic heterocycles. The van der Waals surface area contributed by atoms with E-state index in [1.54, 1.807) is 26.4 Å². The van der Waals surface area contributed by atoms with E-state index < -0.39 is 45.3 Å². The van der Waals surface area contributed by atoms with Crippen molar-refractivity contribution in [2.45, 2.75) is 193 Å². The number of aromatic hydroxyl groups is 2. The predicted molar refractivity (Wildman–Crippen MR) is 288 cm³/mol. The summed E-state index contributed by atoms with van der Waals surface area (Å²) in [7, 11) is 3.18. The molecule has 0 radical (unpaired) electrons. The molecule has 6 bridgehead atoms. The number of benzene rings is 3. The minimum absolute atomic E-state index is 0. The van der Waals surface area contributed by atoms with Crippen LogP contribution in [0.1, 0.15) is 144 Å². The lowest BCUT2D eigenvalue weighted by Crippen LogP contribution is -2.76. The monoisotopic (exact) mass is 1070 g/mol. The zero-order chi connectivity index (χ0) is 52.8. The Morgan fingerprint density at radius 3 is 1.49 bits per heavy atom. The first-order valence-corrected chi connectivity index (χ1v) is 29.4. The molecule has 3 aromatic carbocycles. The molecule has 15 heteroatoms. The van der Waals surface area contributed by atoms with Crippen LogP contribution >= 0.6 is 0 Å². The van der Waals surface area contributed by atoms with Gasteiger partial charge < -0.3 is 44.5 Å². The van der Waals surface area contributed by atoms with Gasteiger partial charge in [0.15, 0.2) is 58.3 Å². The third-order valence-electron chi connectivity index (χ3n) is 22.8. The summed E-state index contributed by atoms with van der Waals surface area (Å²) in [6.07, 6.45) is 14.3. The molecule has 9 aliphatic carbocycles. The van der Waals surface area contributed by atoms with Gasteiger partial charge in [-0.15, -0.1) is 0 Å². The number of methoxy groups -OCH3 is 2. The number of likely N-dealkylation sites (tertiary alicyclic amines) is 3. The summed E-state index contributed by atoms with van der Waals surface area (Å²) in [5, 5.41) is 57.3.